The van der Waals surface area contributed by atoms with E-state index in [4.69, 9.17) is 37.9 Å². The Morgan fingerprint density at radius 3 is 2.48 bits per heavy atom. The fourth-order valence-electron chi connectivity index (χ4n) is 2.09. The number of halogens is 2. The molecule has 0 aliphatic rings. The first-order valence-corrected chi connectivity index (χ1v) is 8.16. The number of nitriles is 1. The summed E-state index contributed by atoms with van der Waals surface area (Å²) in [5.41, 5.74) is 1.10. The highest BCUT2D eigenvalue weighted by Gasteiger charge is 2.17. The largest absolute Gasteiger partial charge is 0.493 e. The first kappa shape index (κ1) is 18.9. The zero-order valence-corrected chi connectivity index (χ0v) is 15.4. The van der Waals surface area contributed by atoms with Crippen molar-refractivity contribution < 1.29 is 14.3 Å². The number of hydrogen-bond donors (Lipinski definition) is 1. The van der Waals surface area contributed by atoms with Gasteiger partial charge in [-0.2, -0.15) is 5.26 Å². The third kappa shape index (κ3) is 4.56. The molecule has 25 heavy (non-hydrogen) atoms. The van der Waals surface area contributed by atoms with E-state index in [9.17, 15) is 4.79 Å². The topological polar surface area (TPSA) is 71.3 Å². The Bertz CT molecular complexity index is 845. The molecule has 0 saturated heterocycles. The Labute approximate surface area is 156 Å². The number of nitrogens with zero attached hydrogens (tertiary/aromatic N) is 1. The first-order valence-electron chi connectivity index (χ1n) is 7.41. The second-order valence-corrected chi connectivity index (χ2v) is 6.23. The van der Waals surface area contributed by atoms with Crippen molar-refractivity contribution in [3.05, 3.63) is 51.5 Å². The van der Waals surface area contributed by atoms with Crippen LogP contribution in [0.1, 0.15) is 29.8 Å². The summed E-state index contributed by atoms with van der Waals surface area (Å²) in [6.45, 7) is 3.73. The molecule has 0 saturated carbocycles. The molecule has 0 aliphatic heterocycles. The van der Waals surface area contributed by atoms with Gasteiger partial charge in [-0.05, 0) is 44.2 Å². The van der Waals surface area contributed by atoms with Gasteiger partial charge in [0.25, 0.3) is 5.91 Å². The predicted molar refractivity (Wildman–Crippen MR) is 97.9 cm³/mol. The van der Waals surface area contributed by atoms with Crippen molar-refractivity contribution in [1.29, 1.82) is 5.26 Å². The van der Waals surface area contributed by atoms with Crippen LogP contribution in [-0.4, -0.2) is 19.1 Å². The lowest BCUT2D eigenvalue weighted by Gasteiger charge is -2.16. The quantitative estimate of drug-likeness (QED) is 0.801. The van der Waals surface area contributed by atoms with E-state index in [1.54, 1.807) is 12.1 Å². The number of hydrogen-bond acceptors (Lipinski definition) is 4. The maximum atomic E-state index is 12.5. The molecule has 0 aliphatic carbocycles. The zero-order valence-electron chi connectivity index (χ0n) is 13.9. The highest BCUT2D eigenvalue weighted by molar-refractivity contribution is 6.33. The van der Waals surface area contributed by atoms with E-state index in [1.807, 2.05) is 19.9 Å². The van der Waals surface area contributed by atoms with Crippen molar-refractivity contribution in [2.24, 2.45) is 0 Å². The van der Waals surface area contributed by atoms with E-state index in [0.29, 0.717) is 28.3 Å². The maximum Gasteiger partial charge on any atom is 0.255 e. The molecule has 1 N–H and O–H groups in total. The molecule has 2 aromatic rings. The van der Waals surface area contributed by atoms with Crippen LogP contribution in [0.4, 0.5) is 5.69 Å². The van der Waals surface area contributed by atoms with E-state index in [1.165, 1.54) is 25.3 Å². The number of amides is 1. The molecule has 0 spiro atoms. The molecule has 0 heterocycles. The average molecular weight is 379 g/mol. The standard InChI is InChI=1S/C18H16Cl2N2O3/c1-10(2)25-17-15(20)6-12(7-16(17)24-3)18(23)22-13-5-4-11(9-21)14(19)8-13/h4-8,10H,1-3H3,(H,22,23). The number of carbonyl (C=O) groups excluding carboxylic acids is 1. The van der Waals surface area contributed by atoms with Crippen LogP contribution in [0.2, 0.25) is 10.0 Å². The minimum atomic E-state index is -0.392. The SMILES string of the molecule is COc1cc(C(=O)Nc2ccc(C#N)c(Cl)c2)cc(Cl)c1OC(C)C. The highest BCUT2D eigenvalue weighted by Crippen LogP contribution is 2.37. The van der Waals surface area contributed by atoms with Gasteiger partial charge in [0, 0.05) is 11.3 Å². The second-order valence-electron chi connectivity index (χ2n) is 5.42. The van der Waals surface area contributed by atoms with Crippen LogP contribution in [-0.2, 0) is 0 Å². The summed E-state index contributed by atoms with van der Waals surface area (Å²) in [6, 6.07) is 9.64. The van der Waals surface area contributed by atoms with Gasteiger partial charge in [-0.25, -0.2) is 0 Å². The Morgan fingerprint density at radius 1 is 1.20 bits per heavy atom. The van der Waals surface area contributed by atoms with E-state index in [2.05, 4.69) is 5.32 Å². The van der Waals surface area contributed by atoms with E-state index >= 15 is 0 Å². The minimum Gasteiger partial charge on any atom is -0.493 e. The van der Waals surface area contributed by atoms with E-state index in [0.717, 1.165) is 0 Å². The first-order chi connectivity index (χ1) is 11.8. The van der Waals surface area contributed by atoms with Gasteiger partial charge in [0.2, 0.25) is 0 Å². The molecule has 2 rings (SSSR count). The summed E-state index contributed by atoms with van der Waals surface area (Å²) >= 11 is 12.2. The van der Waals surface area contributed by atoms with Gasteiger partial charge < -0.3 is 14.8 Å². The smallest absolute Gasteiger partial charge is 0.255 e. The van der Waals surface area contributed by atoms with Crippen molar-refractivity contribution in [2.75, 3.05) is 12.4 Å². The van der Waals surface area contributed by atoms with Crippen LogP contribution in [0.25, 0.3) is 0 Å². The zero-order chi connectivity index (χ0) is 18.6. The molecule has 0 bridgehead atoms. The second kappa shape index (κ2) is 8.11. The van der Waals surface area contributed by atoms with Crippen LogP contribution in [0.3, 0.4) is 0 Å². The van der Waals surface area contributed by atoms with Crippen molar-refractivity contribution in [2.45, 2.75) is 20.0 Å². The average Bonchev–Trinajstić information content (AvgIpc) is 2.56. The fourth-order valence-corrected chi connectivity index (χ4v) is 2.57. The molecule has 130 valence electrons. The molecule has 1 amide bonds. The molecule has 0 unspecified atom stereocenters. The summed E-state index contributed by atoms with van der Waals surface area (Å²) in [4.78, 5) is 12.5. The number of nitrogens with one attached hydrogen (secondary N) is 1. The fraction of sp³-hybridized carbons (Fsp3) is 0.222. The lowest BCUT2D eigenvalue weighted by molar-refractivity contribution is 0.102. The van der Waals surface area contributed by atoms with Gasteiger partial charge in [-0.1, -0.05) is 23.2 Å². The minimum absolute atomic E-state index is 0.0909. The predicted octanol–water partition coefficient (Wildman–Crippen LogP) is 4.91. The van der Waals surface area contributed by atoms with Crippen LogP contribution in [0, 0.1) is 11.3 Å². The molecule has 5 nitrogen and oxygen atoms in total. The van der Waals surface area contributed by atoms with Crippen LogP contribution >= 0.6 is 23.2 Å². The number of ether oxygens (including phenoxy) is 2. The van der Waals surface area contributed by atoms with Crippen LogP contribution < -0.4 is 14.8 Å². The van der Waals surface area contributed by atoms with Crippen LogP contribution in [0.15, 0.2) is 30.3 Å². The lowest BCUT2D eigenvalue weighted by Crippen LogP contribution is -2.13. The van der Waals surface area contributed by atoms with Crippen molar-refractivity contribution in [3.8, 4) is 17.6 Å². The third-order valence-corrected chi connectivity index (χ3v) is 3.79. The Morgan fingerprint density at radius 2 is 1.92 bits per heavy atom. The van der Waals surface area contributed by atoms with Gasteiger partial charge >= 0.3 is 0 Å². The third-order valence-electron chi connectivity index (χ3n) is 3.19. The van der Waals surface area contributed by atoms with Gasteiger partial charge in [0.05, 0.1) is 28.8 Å². The summed E-state index contributed by atoms with van der Waals surface area (Å²) in [7, 11) is 1.47. The maximum absolute atomic E-state index is 12.5. The Kier molecular flexibility index (Phi) is 6.13. The summed E-state index contributed by atoms with van der Waals surface area (Å²) in [5, 5.41) is 12.1. The molecule has 0 aromatic heterocycles. The number of rotatable bonds is 5. The van der Waals surface area contributed by atoms with Gasteiger partial charge in [0.15, 0.2) is 11.5 Å². The number of methoxy groups -OCH3 is 1. The van der Waals surface area contributed by atoms with Crippen LogP contribution in [0.5, 0.6) is 11.5 Å². The molecular formula is C18H16Cl2N2O3. The molecule has 0 fully saturated rings. The number of anilines is 1. The highest BCUT2D eigenvalue weighted by atomic mass is 35.5. The number of benzene rings is 2. The summed E-state index contributed by atoms with van der Waals surface area (Å²) < 4.78 is 10.9. The molecule has 7 heteroatoms. The van der Waals surface area contributed by atoms with Crippen molar-refractivity contribution >= 4 is 34.8 Å². The van der Waals surface area contributed by atoms with Gasteiger partial charge in [0.1, 0.15) is 6.07 Å². The van der Waals surface area contributed by atoms with E-state index < -0.39 is 5.91 Å². The van der Waals surface area contributed by atoms with Crippen molar-refractivity contribution in [3.63, 3.8) is 0 Å². The van der Waals surface area contributed by atoms with E-state index in [-0.39, 0.29) is 16.1 Å². The lowest BCUT2D eigenvalue weighted by atomic mass is 10.1. The molecule has 2 aromatic carbocycles. The molecule has 0 atom stereocenters. The van der Waals surface area contributed by atoms with Gasteiger partial charge in [-0.3, -0.25) is 4.79 Å². The molecule has 0 radical (unpaired) electrons. The summed E-state index contributed by atoms with van der Waals surface area (Å²) in [5.74, 6) is 0.360. The number of carbonyl (C=O) groups is 1. The van der Waals surface area contributed by atoms with Gasteiger partial charge in [-0.15, -0.1) is 0 Å². The summed E-state index contributed by atoms with van der Waals surface area (Å²) in [6.07, 6.45) is -0.0909. The Hall–Kier alpha value is -2.42. The van der Waals surface area contributed by atoms with Crippen molar-refractivity contribution in [1.82, 2.24) is 0 Å². The monoisotopic (exact) mass is 378 g/mol. The molecular weight excluding hydrogens is 363 g/mol. The normalized spacial score (nSPS) is 10.3. The Balaban J connectivity index is 2.29.